The monoisotopic (exact) mass is 469 g/mol. The van der Waals surface area contributed by atoms with Crippen molar-refractivity contribution in [1.82, 2.24) is 14.3 Å². The average Bonchev–Trinajstić information content (AvgIpc) is 2.74. The van der Waals surface area contributed by atoms with Crippen molar-refractivity contribution in [1.29, 1.82) is 0 Å². The molecule has 1 saturated heterocycles. The zero-order valence-electron chi connectivity index (χ0n) is 19.2. The minimum atomic E-state index is -3.63. The van der Waals surface area contributed by atoms with Gasteiger partial charge in [0.1, 0.15) is 11.6 Å². The molecule has 7 nitrogen and oxygen atoms in total. The van der Waals surface area contributed by atoms with Crippen LogP contribution in [0.15, 0.2) is 59.5 Å². The highest BCUT2D eigenvalue weighted by Gasteiger charge is 2.42. The van der Waals surface area contributed by atoms with Crippen LogP contribution in [0.3, 0.4) is 0 Å². The Kier molecular flexibility index (Phi) is 6.11. The summed E-state index contributed by atoms with van der Waals surface area (Å²) in [4.78, 5) is 11.5. The fraction of sp³-hybridized carbons (Fsp3) is 0.333. The van der Waals surface area contributed by atoms with E-state index in [1.165, 1.54) is 12.1 Å². The summed E-state index contributed by atoms with van der Waals surface area (Å²) in [6.45, 7) is 8.87. The van der Waals surface area contributed by atoms with Crippen molar-refractivity contribution in [2.75, 3.05) is 29.9 Å². The van der Waals surface area contributed by atoms with Gasteiger partial charge in [0.15, 0.2) is 0 Å². The Balaban J connectivity index is 1.56. The summed E-state index contributed by atoms with van der Waals surface area (Å²) < 4.78 is 41.4. The molecule has 1 fully saturated rings. The first kappa shape index (κ1) is 23.1. The van der Waals surface area contributed by atoms with Crippen LogP contribution >= 0.6 is 0 Å². The van der Waals surface area contributed by atoms with Crippen LogP contribution in [0, 0.1) is 19.7 Å². The third-order valence-electron chi connectivity index (χ3n) is 5.68. The van der Waals surface area contributed by atoms with Crippen LogP contribution in [-0.2, 0) is 10.0 Å². The molecule has 1 N–H and O–H groups in total. The number of halogens is 1. The summed E-state index contributed by atoms with van der Waals surface area (Å²) in [6, 6.07) is 14.8. The lowest BCUT2D eigenvalue weighted by atomic mass is 10.0. The Morgan fingerprint density at radius 1 is 0.970 bits per heavy atom. The zero-order chi connectivity index (χ0) is 23.8. The van der Waals surface area contributed by atoms with Crippen molar-refractivity contribution in [2.24, 2.45) is 0 Å². The van der Waals surface area contributed by atoms with Gasteiger partial charge in [0, 0.05) is 42.6 Å². The van der Waals surface area contributed by atoms with Gasteiger partial charge in [0.05, 0.1) is 4.90 Å². The number of aryl methyl sites for hydroxylation is 2. The van der Waals surface area contributed by atoms with Crippen molar-refractivity contribution in [2.45, 2.75) is 38.1 Å². The van der Waals surface area contributed by atoms with E-state index in [1.807, 2.05) is 50.8 Å². The number of sulfonamides is 1. The Morgan fingerprint density at radius 3 is 2.27 bits per heavy atom. The van der Waals surface area contributed by atoms with Crippen LogP contribution in [0.5, 0.6) is 0 Å². The number of nitrogens with one attached hydrogen (secondary N) is 1. The summed E-state index contributed by atoms with van der Waals surface area (Å²) in [5.74, 6) is 0.817. The molecule has 0 amide bonds. The number of nitrogens with zero attached hydrogens (tertiary/aromatic N) is 4. The minimum Gasteiger partial charge on any atom is -0.340 e. The van der Waals surface area contributed by atoms with Gasteiger partial charge < -0.3 is 10.2 Å². The molecule has 33 heavy (non-hydrogen) atoms. The summed E-state index contributed by atoms with van der Waals surface area (Å²) in [5.41, 5.74) is 1.84. The predicted molar refractivity (Wildman–Crippen MR) is 128 cm³/mol. The SMILES string of the molecule is Cc1ccc(S(=O)(=O)N2CCN(c3nc(C)cc(Nc4ccc(F)cc4)n3)CC2(C)C)cc1. The number of hydrogen-bond acceptors (Lipinski definition) is 6. The second kappa shape index (κ2) is 8.72. The number of anilines is 3. The van der Waals surface area contributed by atoms with E-state index >= 15 is 0 Å². The molecule has 4 rings (SSSR count). The van der Waals surface area contributed by atoms with Gasteiger partial charge in [-0.05, 0) is 64.1 Å². The lowest BCUT2D eigenvalue weighted by Gasteiger charge is -2.46. The van der Waals surface area contributed by atoms with Gasteiger partial charge in [-0.2, -0.15) is 9.29 Å². The Morgan fingerprint density at radius 2 is 1.64 bits per heavy atom. The molecule has 0 unspecified atom stereocenters. The van der Waals surface area contributed by atoms with Gasteiger partial charge in [-0.3, -0.25) is 0 Å². The lowest BCUT2D eigenvalue weighted by molar-refractivity contribution is 0.204. The summed E-state index contributed by atoms with van der Waals surface area (Å²) in [6.07, 6.45) is 0. The molecule has 1 aliphatic heterocycles. The predicted octanol–water partition coefficient (Wildman–Crippen LogP) is 4.27. The van der Waals surface area contributed by atoms with Crippen LogP contribution in [-0.4, -0.2) is 47.9 Å². The van der Waals surface area contributed by atoms with Crippen LogP contribution in [0.4, 0.5) is 21.8 Å². The molecule has 0 bridgehead atoms. The number of piperazine rings is 1. The van der Waals surface area contributed by atoms with E-state index in [1.54, 1.807) is 28.6 Å². The standard InChI is InChI=1S/C24H28FN5O2S/c1-17-5-11-21(12-6-17)33(31,32)30-14-13-29(16-24(30,3)4)23-26-18(2)15-22(28-23)27-20-9-7-19(25)8-10-20/h5-12,15H,13-14,16H2,1-4H3,(H,26,27,28). The Hall–Kier alpha value is -3.04. The van der Waals surface area contributed by atoms with E-state index in [0.717, 1.165) is 16.9 Å². The maximum absolute atomic E-state index is 13.3. The highest BCUT2D eigenvalue weighted by molar-refractivity contribution is 7.89. The lowest BCUT2D eigenvalue weighted by Crippen LogP contribution is -2.61. The average molecular weight is 470 g/mol. The van der Waals surface area contributed by atoms with Crippen molar-refractivity contribution in [3.05, 3.63) is 71.7 Å². The van der Waals surface area contributed by atoms with Crippen LogP contribution in [0.25, 0.3) is 0 Å². The molecular formula is C24H28FN5O2S. The molecule has 9 heteroatoms. The highest BCUT2D eigenvalue weighted by Crippen LogP contribution is 2.30. The van der Waals surface area contributed by atoms with E-state index in [9.17, 15) is 12.8 Å². The van der Waals surface area contributed by atoms with Gasteiger partial charge in [-0.15, -0.1) is 0 Å². The molecule has 0 radical (unpaired) electrons. The van der Waals surface area contributed by atoms with Gasteiger partial charge in [-0.1, -0.05) is 17.7 Å². The highest BCUT2D eigenvalue weighted by atomic mass is 32.2. The topological polar surface area (TPSA) is 78.4 Å². The Bertz CT molecular complexity index is 1240. The smallest absolute Gasteiger partial charge is 0.243 e. The Labute approximate surface area is 194 Å². The van der Waals surface area contributed by atoms with Gasteiger partial charge in [-0.25, -0.2) is 17.8 Å². The second-order valence-electron chi connectivity index (χ2n) is 8.95. The second-order valence-corrected chi connectivity index (χ2v) is 10.8. The molecular weight excluding hydrogens is 441 g/mol. The summed E-state index contributed by atoms with van der Waals surface area (Å²) in [7, 11) is -3.63. The zero-order valence-corrected chi connectivity index (χ0v) is 20.0. The third-order valence-corrected chi connectivity index (χ3v) is 7.80. The molecule has 0 spiro atoms. The largest absolute Gasteiger partial charge is 0.340 e. The molecule has 0 atom stereocenters. The van der Waals surface area contributed by atoms with Crippen LogP contribution < -0.4 is 10.2 Å². The van der Waals surface area contributed by atoms with Gasteiger partial charge in [0.2, 0.25) is 16.0 Å². The maximum Gasteiger partial charge on any atom is 0.243 e. The van der Waals surface area contributed by atoms with E-state index in [-0.39, 0.29) is 5.82 Å². The first-order valence-corrected chi connectivity index (χ1v) is 12.2. The number of benzene rings is 2. The maximum atomic E-state index is 13.3. The van der Waals surface area contributed by atoms with Gasteiger partial charge >= 0.3 is 0 Å². The van der Waals surface area contributed by atoms with Crippen molar-refractivity contribution < 1.29 is 12.8 Å². The number of rotatable bonds is 5. The van der Waals surface area contributed by atoms with Crippen LogP contribution in [0.2, 0.25) is 0 Å². The minimum absolute atomic E-state index is 0.298. The molecule has 3 aromatic rings. The first-order chi connectivity index (χ1) is 15.5. The van der Waals surface area contributed by atoms with E-state index in [0.29, 0.717) is 36.3 Å². The normalized spacial score (nSPS) is 16.6. The quantitative estimate of drug-likeness (QED) is 0.601. The fourth-order valence-corrected chi connectivity index (χ4v) is 5.80. The van der Waals surface area contributed by atoms with Crippen molar-refractivity contribution in [3.63, 3.8) is 0 Å². The molecule has 0 saturated carbocycles. The molecule has 174 valence electrons. The van der Waals surface area contributed by atoms with Crippen molar-refractivity contribution >= 4 is 27.5 Å². The molecule has 2 aromatic carbocycles. The molecule has 0 aliphatic carbocycles. The first-order valence-electron chi connectivity index (χ1n) is 10.8. The van der Waals surface area contributed by atoms with Crippen LogP contribution in [0.1, 0.15) is 25.1 Å². The van der Waals surface area contributed by atoms with E-state index < -0.39 is 15.6 Å². The van der Waals surface area contributed by atoms with E-state index in [4.69, 9.17) is 0 Å². The molecule has 2 heterocycles. The van der Waals surface area contributed by atoms with Gasteiger partial charge in [0.25, 0.3) is 0 Å². The number of aromatic nitrogens is 2. The third kappa shape index (κ3) is 4.99. The molecule has 1 aromatic heterocycles. The summed E-state index contributed by atoms with van der Waals surface area (Å²) in [5, 5.41) is 3.18. The summed E-state index contributed by atoms with van der Waals surface area (Å²) >= 11 is 0. The fourth-order valence-electron chi connectivity index (χ4n) is 4.03. The van der Waals surface area contributed by atoms with Crippen molar-refractivity contribution in [3.8, 4) is 0 Å². The number of hydrogen-bond donors (Lipinski definition) is 1. The van der Waals surface area contributed by atoms with E-state index in [2.05, 4.69) is 15.3 Å². The molecule has 1 aliphatic rings.